The van der Waals surface area contributed by atoms with E-state index in [2.05, 4.69) is 5.32 Å². The van der Waals surface area contributed by atoms with Crippen LogP contribution in [0.4, 0.5) is 0 Å². The zero-order valence-corrected chi connectivity index (χ0v) is 9.87. The van der Waals surface area contributed by atoms with Crippen LogP contribution in [-0.2, 0) is 6.54 Å². The minimum absolute atomic E-state index is 0.424. The summed E-state index contributed by atoms with van der Waals surface area (Å²) in [6.45, 7) is 0.795. The predicted molar refractivity (Wildman–Crippen MR) is 63.8 cm³/mol. The Hall–Kier alpha value is -0.520. The molecule has 3 nitrogen and oxygen atoms in total. The Bertz CT molecular complexity index is 345. The van der Waals surface area contributed by atoms with Crippen molar-refractivity contribution in [1.82, 2.24) is 5.32 Å². The third-order valence-corrected chi connectivity index (χ3v) is 4.60. The number of rotatable bonds is 4. The molecule has 0 radical (unpaired) electrons. The number of carboxylic acid groups (broad SMARTS) is 1. The molecule has 0 bridgehead atoms. The average molecular weight is 243 g/mol. The van der Waals surface area contributed by atoms with Crippen molar-refractivity contribution in [2.24, 2.45) is 0 Å². The Labute approximate surface area is 96.9 Å². The third-order valence-electron chi connectivity index (χ3n) is 2.37. The van der Waals surface area contributed by atoms with Crippen LogP contribution in [0, 0.1) is 0 Å². The van der Waals surface area contributed by atoms with Crippen LogP contribution in [-0.4, -0.2) is 28.6 Å². The molecular formula is C10H13NO2S2. The third kappa shape index (κ3) is 2.96. The Kier molecular flexibility index (Phi) is 3.66. The number of hydrogen-bond acceptors (Lipinski definition) is 4. The van der Waals surface area contributed by atoms with E-state index in [4.69, 9.17) is 5.11 Å². The van der Waals surface area contributed by atoms with Gasteiger partial charge < -0.3 is 10.4 Å². The molecule has 1 fully saturated rings. The topological polar surface area (TPSA) is 49.3 Å². The van der Waals surface area contributed by atoms with Gasteiger partial charge in [0.1, 0.15) is 4.88 Å². The highest BCUT2D eigenvalue weighted by Crippen LogP contribution is 2.19. The quantitative estimate of drug-likeness (QED) is 0.849. The van der Waals surface area contributed by atoms with E-state index in [1.807, 2.05) is 17.8 Å². The first kappa shape index (κ1) is 11.0. The molecule has 15 heavy (non-hydrogen) atoms. The highest BCUT2D eigenvalue weighted by molar-refractivity contribution is 7.99. The van der Waals surface area contributed by atoms with Crippen molar-refractivity contribution >= 4 is 29.1 Å². The maximum absolute atomic E-state index is 10.7. The largest absolute Gasteiger partial charge is 0.477 e. The second-order valence-electron chi connectivity index (χ2n) is 3.51. The number of aromatic carboxylic acids is 1. The Morgan fingerprint density at radius 3 is 3.07 bits per heavy atom. The standard InChI is InChI=1S/C10H13NO2S2/c12-10(13)9-2-1-8(15-9)5-11-7-3-4-14-6-7/h1-2,7,11H,3-6H2,(H,12,13). The van der Waals surface area contributed by atoms with Gasteiger partial charge in [0.25, 0.3) is 0 Å². The summed E-state index contributed by atoms with van der Waals surface area (Å²) in [5.74, 6) is 1.59. The lowest BCUT2D eigenvalue weighted by atomic mass is 10.2. The van der Waals surface area contributed by atoms with Crippen LogP contribution in [0.2, 0.25) is 0 Å². The van der Waals surface area contributed by atoms with Crippen LogP contribution in [0.1, 0.15) is 21.0 Å². The normalized spacial score (nSPS) is 20.7. The van der Waals surface area contributed by atoms with Crippen LogP contribution in [0.25, 0.3) is 0 Å². The summed E-state index contributed by atoms with van der Waals surface area (Å²) >= 11 is 3.33. The molecule has 0 amide bonds. The van der Waals surface area contributed by atoms with Gasteiger partial charge in [0.15, 0.2) is 0 Å². The lowest BCUT2D eigenvalue weighted by molar-refractivity contribution is 0.0702. The average Bonchev–Trinajstić information content (AvgIpc) is 2.86. The van der Waals surface area contributed by atoms with Gasteiger partial charge in [-0.2, -0.15) is 11.8 Å². The maximum atomic E-state index is 10.7. The van der Waals surface area contributed by atoms with Crippen molar-refractivity contribution in [2.75, 3.05) is 11.5 Å². The predicted octanol–water partition coefficient (Wildman–Crippen LogP) is 2.04. The van der Waals surface area contributed by atoms with E-state index in [9.17, 15) is 4.79 Å². The first-order valence-corrected chi connectivity index (χ1v) is 6.86. The van der Waals surface area contributed by atoms with E-state index in [1.54, 1.807) is 6.07 Å². The second-order valence-corrected chi connectivity index (χ2v) is 5.83. The van der Waals surface area contributed by atoms with Gasteiger partial charge in [0.05, 0.1) is 0 Å². The molecule has 2 N–H and O–H groups in total. The van der Waals surface area contributed by atoms with Gasteiger partial charge in [-0.3, -0.25) is 0 Å². The van der Waals surface area contributed by atoms with Crippen molar-refractivity contribution in [1.29, 1.82) is 0 Å². The van der Waals surface area contributed by atoms with Gasteiger partial charge in [-0.15, -0.1) is 11.3 Å². The number of carboxylic acids is 1. The molecule has 5 heteroatoms. The number of thiophene rings is 1. The van der Waals surface area contributed by atoms with Crippen LogP contribution >= 0.6 is 23.1 Å². The Morgan fingerprint density at radius 2 is 2.47 bits per heavy atom. The molecule has 0 aromatic carbocycles. The van der Waals surface area contributed by atoms with Crippen LogP contribution in [0.5, 0.6) is 0 Å². The molecule has 0 saturated carbocycles. The summed E-state index contributed by atoms with van der Waals surface area (Å²) in [6.07, 6.45) is 1.22. The molecule has 0 aliphatic carbocycles. The van der Waals surface area contributed by atoms with Crippen molar-refractivity contribution in [3.8, 4) is 0 Å². The fourth-order valence-corrected chi connectivity index (χ4v) is 3.51. The number of hydrogen-bond donors (Lipinski definition) is 2. The summed E-state index contributed by atoms with van der Waals surface area (Å²) < 4.78 is 0. The number of nitrogens with one attached hydrogen (secondary N) is 1. The fourth-order valence-electron chi connectivity index (χ4n) is 1.53. The van der Waals surface area contributed by atoms with E-state index >= 15 is 0 Å². The lowest BCUT2D eigenvalue weighted by Gasteiger charge is -2.09. The summed E-state index contributed by atoms with van der Waals surface area (Å²) in [4.78, 5) is 12.2. The van der Waals surface area contributed by atoms with Crippen LogP contribution < -0.4 is 5.32 Å². The molecule has 1 atom stereocenters. The Morgan fingerprint density at radius 1 is 1.60 bits per heavy atom. The first-order valence-electron chi connectivity index (χ1n) is 4.89. The minimum Gasteiger partial charge on any atom is -0.477 e. The number of carbonyl (C=O) groups is 1. The van der Waals surface area contributed by atoms with E-state index in [-0.39, 0.29) is 0 Å². The molecule has 1 unspecified atom stereocenters. The molecule has 0 spiro atoms. The summed E-state index contributed by atoms with van der Waals surface area (Å²) in [5, 5.41) is 12.2. The lowest BCUT2D eigenvalue weighted by Crippen LogP contribution is -2.27. The Balaban J connectivity index is 1.84. The molecule has 1 saturated heterocycles. The highest BCUT2D eigenvalue weighted by atomic mass is 32.2. The zero-order chi connectivity index (χ0) is 10.7. The molecule has 1 aliphatic rings. The minimum atomic E-state index is -0.831. The van der Waals surface area contributed by atoms with Gasteiger partial charge in [0, 0.05) is 23.2 Å². The molecule has 82 valence electrons. The highest BCUT2D eigenvalue weighted by Gasteiger charge is 2.15. The van der Waals surface area contributed by atoms with E-state index in [1.165, 1.54) is 29.3 Å². The summed E-state index contributed by atoms with van der Waals surface area (Å²) in [6, 6.07) is 4.17. The molecule has 2 rings (SSSR count). The van der Waals surface area contributed by atoms with E-state index in [0.717, 1.165) is 11.4 Å². The smallest absolute Gasteiger partial charge is 0.345 e. The first-order chi connectivity index (χ1) is 7.25. The number of thioether (sulfide) groups is 1. The fraction of sp³-hybridized carbons (Fsp3) is 0.500. The van der Waals surface area contributed by atoms with Crippen molar-refractivity contribution in [2.45, 2.75) is 19.0 Å². The maximum Gasteiger partial charge on any atom is 0.345 e. The van der Waals surface area contributed by atoms with Crippen LogP contribution in [0.3, 0.4) is 0 Å². The van der Waals surface area contributed by atoms with Gasteiger partial charge >= 0.3 is 5.97 Å². The van der Waals surface area contributed by atoms with Crippen LogP contribution in [0.15, 0.2) is 12.1 Å². The molecule has 1 aromatic heterocycles. The van der Waals surface area contributed by atoms with Crippen molar-refractivity contribution in [3.05, 3.63) is 21.9 Å². The molecular weight excluding hydrogens is 230 g/mol. The van der Waals surface area contributed by atoms with E-state index < -0.39 is 5.97 Å². The second kappa shape index (κ2) is 5.01. The molecule has 1 aliphatic heterocycles. The van der Waals surface area contributed by atoms with Gasteiger partial charge in [0.2, 0.25) is 0 Å². The van der Waals surface area contributed by atoms with Gasteiger partial charge in [-0.05, 0) is 24.3 Å². The molecule has 2 heterocycles. The van der Waals surface area contributed by atoms with Crippen molar-refractivity contribution in [3.63, 3.8) is 0 Å². The summed E-state index contributed by atoms with van der Waals surface area (Å²) in [7, 11) is 0. The van der Waals surface area contributed by atoms with Gasteiger partial charge in [-0.25, -0.2) is 4.79 Å². The SMILES string of the molecule is O=C(O)c1ccc(CNC2CCSC2)s1. The summed E-state index contributed by atoms with van der Waals surface area (Å²) in [5.41, 5.74) is 0. The van der Waals surface area contributed by atoms with Gasteiger partial charge in [-0.1, -0.05) is 0 Å². The monoisotopic (exact) mass is 243 g/mol. The zero-order valence-electron chi connectivity index (χ0n) is 8.23. The van der Waals surface area contributed by atoms with E-state index in [0.29, 0.717) is 10.9 Å². The van der Waals surface area contributed by atoms with Crippen molar-refractivity contribution < 1.29 is 9.90 Å². The molecule has 1 aromatic rings.